The number of nitrogens with zero attached hydrogens (tertiary/aromatic N) is 1. The molecule has 2 aromatic carbocycles. The van der Waals surface area contributed by atoms with Crippen molar-refractivity contribution in [1.82, 2.24) is 0 Å². The average Bonchev–Trinajstić information content (AvgIpc) is 2.41. The number of rotatable bonds is 2. The zero-order chi connectivity index (χ0) is 15.6. The molecular formula is C14H7Cl2F3N2. The number of nitrogens with one attached hydrogen (secondary N) is 1. The molecule has 0 amide bonds. The Morgan fingerprint density at radius 1 is 0.952 bits per heavy atom. The molecule has 0 aromatic heterocycles. The van der Waals surface area contributed by atoms with Crippen molar-refractivity contribution in [3.8, 4) is 6.07 Å². The molecular weight excluding hydrogens is 324 g/mol. The third-order valence-electron chi connectivity index (χ3n) is 2.66. The summed E-state index contributed by atoms with van der Waals surface area (Å²) in [4.78, 5) is 0. The van der Waals surface area contributed by atoms with Gasteiger partial charge in [0.15, 0.2) is 0 Å². The molecule has 0 aliphatic carbocycles. The van der Waals surface area contributed by atoms with Crippen molar-refractivity contribution in [1.29, 1.82) is 5.26 Å². The topological polar surface area (TPSA) is 35.8 Å². The fourth-order valence-corrected chi connectivity index (χ4v) is 2.07. The largest absolute Gasteiger partial charge is 0.418 e. The Balaban J connectivity index is 2.48. The second-order valence-corrected chi connectivity index (χ2v) is 4.99. The minimum Gasteiger partial charge on any atom is -0.354 e. The predicted octanol–water partition coefficient (Wildman–Crippen LogP) is 5.63. The van der Waals surface area contributed by atoms with Crippen molar-refractivity contribution in [2.24, 2.45) is 0 Å². The minimum atomic E-state index is -4.56. The van der Waals surface area contributed by atoms with Gasteiger partial charge >= 0.3 is 6.18 Å². The summed E-state index contributed by atoms with van der Waals surface area (Å²) in [6.45, 7) is 0. The van der Waals surface area contributed by atoms with Crippen LogP contribution in [0.15, 0.2) is 36.4 Å². The van der Waals surface area contributed by atoms with Crippen molar-refractivity contribution >= 4 is 34.6 Å². The molecule has 0 radical (unpaired) electrons. The molecule has 0 bridgehead atoms. The molecule has 7 heteroatoms. The van der Waals surface area contributed by atoms with Crippen LogP contribution in [0.5, 0.6) is 0 Å². The molecule has 2 aromatic rings. The van der Waals surface area contributed by atoms with Crippen molar-refractivity contribution in [3.05, 3.63) is 57.6 Å². The molecule has 0 unspecified atom stereocenters. The summed E-state index contributed by atoms with van der Waals surface area (Å²) >= 11 is 11.4. The molecule has 0 spiro atoms. The Labute approximate surface area is 128 Å². The number of alkyl halides is 3. The van der Waals surface area contributed by atoms with E-state index < -0.39 is 11.7 Å². The Morgan fingerprint density at radius 2 is 1.52 bits per heavy atom. The van der Waals surface area contributed by atoms with Crippen molar-refractivity contribution < 1.29 is 13.2 Å². The van der Waals surface area contributed by atoms with Crippen LogP contribution < -0.4 is 5.32 Å². The fourth-order valence-electron chi connectivity index (χ4n) is 1.72. The van der Waals surface area contributed by atoms with E-state index in [0.717, 1.165) is 6.07 Å². The molecule has 2 nitrogen and oxygen atoms in total. The summed E-state index contributed by atoms with van der Waals surface area (Å²) in [5.74, 6) is 0. The van der Waals surface area contributed by atoms with Crippen LogP contribution in [0.3, 0.4) is 0 Å². The van der Waals surface area contributed by atoms with Gasteiger partial charge in [0.05, 0.1) is 22.5 Å². The monoisotopic (exact) mass is 330 g/mol. The normalized spacial score (nSPS) is 11.0. The Kier molecular flexibility index (Phi) is 4.31. The first kappa shape index (κ1) is 15.5. The highest BCUT2D eigenvalue weighted by Gasteiger charge is 2.34. The summed E-state index contributed by atoms with van der Waals surface area (Å²) in [5, 5.41) is 11.9. The summed E-state index contributed by atoms with van der Waals surface area (Å²) < 4.78 is 39.0. The maximum atomic E-state index is 13.0. The zero-order valence-corrected chi connectivity index (χ0v) is 11.8. The third kappa shape index (κ3) is 3.60. The first-order valence-electron chi connectivity index (χ1n) is 5.64. The molecule has 0 aliphatic rings. The van der Waals surface area contributed by atoms with Crippen molar-refractivity contribution in [3.63, 3.8) is 0 Å². The molecule has 0 saturated carbocycles. The van der Waals surface area contributed by atoms with Crippen molar-refractivity contribution in [2.45, 2.75) is 6.18 Å². The quantitative estimate of drug-likeness (QED) is 0.774. The van der Waals surface area contributed by atoms with E-state index in [1.54, 1.807) is 0 Å². The molecule has 0 aliphatic heterocycles. The SMILES string of the molecule is N#Cc1cc(Cl)ccc1Nc1ccc(Cl)cc1C(F)(F)F. The van der Waals surface area contributed by atoms with Gasteiger partial charge in [0.2, 0.25) is 0 Å². The number of hydrogen-bond acceptors (Lipinski definition) is 2. The Hall–Kier alpha value is -1.90. The van der Waals surface area contributed by atoms with Crippen LogP contribution in [0.2, 0.25) is 10.0 Å². The predicted molar refractivity (Wildman–Crippen MR) is 75.9 cm³/mol. The lowest BCUT2D eigenvalue weighted by molar-refractivity contribution is -0.136. The lowest BCUT2D eigenvalue weighted by Gasteiger charge is -2.15. The van der Waals surface area contributed by atoms with E-state index in [9.17, 15) is 13.2 Å². The number of anilines is 2. The summed E-state index contributed by atoms with van der Waals surface area (Å²) in [5.41, 5.74) is -0.722. The summed E-state index contributed by atoms with van der Waals surface area (Å²) in [7, 11) is 0. The van der Waals surface area contributed by atoms with Crippen LogP contribution >= 0.6 is 23.2 Å². The average molecular weight is 331 g/mol. The number of benzene rings is 2. The van der Waals surface area contributed by atoms with Gasteiger partial charge in [0.25, 0.3) is 0 Å². The van der Waals surface area contributed by atoms with Gasteiger partial charge in [-0.1, -0.05) is 23.2 Å². The minimum absolute atomic E-state index is 0.0236. The number of nitriles is 1. The van der Waals surface area contributed by atoms with Crippen molar-refractivity contribution in [2.75, 3.05) is 5.32 Å². The lowest BCUT2D eigenvalue weighted by atomic mass is 10.1. The molecule has 0 saturated heterocycles. The van der Waals surface area contributed by atoms with Gasteiger partial charge in [-0.25, -0.2) is 0 Å². The van der Waals surface area contributed by atoms with E-state index >= 15 is 0 Å². The molecule has 1 N–H and O–H groups in total. The van der Waals surface area contributed by atoms with Gasteiger partial charge in [0.1, 0.15) is 6.07 Å². The van der Waals surface area contributed by atoms with Gasteiger partial charge in [-0.3, -0.25) is 0 Å². The summed E-state index contributed by atoms with van der Waals surface area (Å²) in [6, 6.07) is 9.53. The highest BCUT2D eigenvalue weighted by molar-refractivity contribution is 6.31. The van der Waals surface area contributed by atoms with Crippen LogP contribution in [0.25, 0.3) is 0 Å². The van der Waals surface area contributed by atoms with Gasteiger partial charge in [-0.15, -0.1) is 0 Å². The highest BCUT2D eigenvalue weighted by Crippen LogP contribution is 2.38. The molecule has 0 atom stereocenters. The van der Waals surface area contributed by atoms with E-state index in [4.69, 9.17) is 28.5 Å². The fraction of sp³-hybridized carbons (Fsp3) is 0.0714. The second kappa shape index (κ2) is 5.84. The van der Waals surface area contributed by atoms with Crippen LogP contribution in [0, 0.1) is 11.3 Å². The Morgan fingerprint density at radius 3 is 2.10 bits per heavy atom. The second-order valence-electron chi connectivity index (χ2n) is 4.11. The third-order valence-corrected chi connectivity index (χ3v) is 3.13. The highest BCUT2D eigenvalue weighted by atomic mass is 35.5. The standard InChI is InChI=1S/C14H7Cl2F3N2/c15-9-1-3-12(8(5-9)7-20)21-13-4-2-10(16)6-11(13)14(17,18)19/h1-6,21H. The van der Waals surface area contributed by atoms with E-state index in [1.807, 2.05) is 6.07 Å². The van der Waals surface area contributed by atoms with Crippen LogP contribution in [-0.4, -0.2) is 0 Å². The van der Waals surface area contributed by atoms with Crippen LogP contribution in [0.1, 0.15) is 11.1 Å². The van der Waals surface area contributed by atoms with E-state index in [-0.39, 0.29) is 22.0 Å². The van der Waals surface area contributed by atoms with Gasteiger partial charge in [-0.05, 0) is 36.4 Å². The van der Waals surface area contributed by atoms with Crippen LogP contribution in [-0.2, 0) is 6.18 Å². The number of halogens is 5. The van der Waals surface area contributed by atoms with Gasteiger partial charge in [0, 0.05) is 10.0 Å². The maximum Gasteiger partial charge on any atom is 0.418 e. The Bertz CT molecular complexity index is 721. The van der Waals surface area contributed by atoms with Gasteiger partial charge in [-0.2, -0.15) is 18.4 Å². The van der Waals surface area contributed by atoms with E-state index in [1.165, 1.54) is 30.3 Å². The zero-order valence-electron chi connectivity index (χ0n) is 10.3. The molecule has 108 valence electrons. The number of hydrogen-bond donors (Lipinski definition) is 1. The first-order valence-corrected chi connectivity index (χ1v) is 6.40. The van der Waals surface area contributed by atoms with E-state index in [2.05, 4.69) is 5.32 Å². The molecule has 21 heavy (non-hydrogen) atoms. The maximum absolute atomic E-state index is 13.0. The molecule has 2 rings (SSSR count). The first-order chi connectivity index (χ1) is 9.81. The molecule has 0 heterocycles. The molecule has 0 fully saturated rings. The lowest BCUT2D eigenvalue weighted by Crippen LogP contribution is -2.09. The van der Waals surface area contributed by atoms with Crippen LogP contribution in [0.4, 0.5) is 24.5 Å². The summed E-state index contributed by atoms with van der Waals surface area (Å²) in [6.07, 6.45) is -4.56. The smallest absolute Gasteiger partial charge is 0.354 e. The van der Waals surface area contributed by atoms with Gasteiger partial charge < -0.3 is 5.32 Å². The van der Waals surface area contributed by atoms with E-state index in [0.29, 0.717) is 5.02 Å².